The van der Waals surface area contributed by atoms with Crippen molar-refractivity contribution in [3.63, 3.8) is 0 Å². The second-order valence-electron chi connectivity index (χ2n) is 6.24. The van der Waals surface area contributed by atoms with Crippen LogP contribution in [0.3, 0.4) is 0 Å². The summed E-state index contributed by atoms with van der Waals surface area (Å²) in [7, 11) is 1.63. The minimum absolute atomic E-state index is 0.0488. The molecule has 23 heavy (non-hydrogen) atoms. The number of likely N-dealkylation sites (tertiary alicyclic amines) is 1. The molecule has 3 rings (SSSR count). The summed E-state index contributed by atoms with van der Waals surface area (Å²) >= 11 is 0. The molecule has 0 aliphatic carbocycles. The van der Waals surface area contributed by atoms with Gasteiger partial charge < -0.3 is 15.4 Å². The lowest BCUT2D eigenvalue weighted by molar-refractivity contribution is -0.137. The number of piperidine rings is 2. The van der Waals surface area contributed by atoms with Gasteiger partial charge in [0.15, 0.2) is 0 Å². The molecule has 2 N–H and O–H groups in total. The molecular formula is C17H23N3O3. The van der Waals surface area contributed by atoms with Gasteiger partial charge in [0.25, 0.3) is 0 Å². The molecule has 2 aliphatic heterocycles. The van der Waals surface area contributed by atoms with E-state index in [0.717, 1.165) is 24.3 Å². The lowest BCUT2D eigenvalue weighted by atomic mass is 9.85. The predicted molar refractivity (Wildman–Crippen MR) is 86.3 cm³/mol. The van der Waals surface area contributed by atoms with Crippen LogP contribution >= 0.6 is 0 Å². The fraction of sp³-hybridized carbons (Fsp3) is 0.529. The number of urea groups is 1. The molecule has 2 bridgehead atoms. The maximum atomic E-state index is 12.3. The molecule has 6 nitrogen and oxygen atoms in total. The number of hydrogen-bond donors (Lipinski definition) is 2. The summed E-state index contributed by atoms with van der Waals surface area (Å²) in [5.41, 5.74) is 1.09. The number of carbonyl (C=O) groups is 2. The van der Waals surface area contributed by atoms with Gasteiger partial charge in [0, 0.05) is 19.6 Å². The van der Waals surface area contributed by atoms with E-state index in [0.29, 0.717) is 32.0 Å². The van der Waals surface area contributed by atoms with E-state index in [1.54, 1.807) is 7.11 Å². The largest absolute Gasteiger partial charge is 0.497 e. The van der Waals surface area contributed by atoms with Crippen molar-refractivity contribution in [3.05, 3.63) is 29.8 Å². The molecule has 2 heterocycles. The number of ether oxygens (including phenoxy) is 1. The summed E-state index contributed by atoms with van der Waals surface area (Å²) in [6.45, 7) is 2.59. The average molecular weight is 317 g/mol. The monoisotopic (exact) mass is 317 g/mol. The van der Waals surface area contributed by atoms with Crippen molar-refractivity contribution < 1.29 is 14.3 Å². The number of benzene rings is 1. The number of fused-ring (bicyclic) bond motifs is 2. The van der Waals surface area contributed by atoms with E-state index in [9.17, 15) is 9.59 Å². The van der Waals surface area contributed by atoms with Gasteiger partial charge in [0.1, 0.15) is 5.75 Å². The standard InChI is InChI=1S/C17H23N3O3/c1-23-15-4-2-3-12(8-15)5-6-19-17(22)20-11-13-7-14(16(20)21)10-18-9-13/h2-4,8,13-14,18H,5-7,9-11H2,1H3,(H,19,22). The molecule has 0 aromatic heterocycles. The number of methoxy groups -OCH3 is 1. The van der Waals surface area contributed by atoms with Crippen molar-refractivity contribution >= 4 is 11.9 Å². The van der Waals surface area contributed by atoms with Crippen LogP contribution in [0.2, 0.25) is 0 Å². The zero-order valence-electron chi connectivity index (χ0n) is 13.4. The molecular weight excluding hydrogens is 294 g/mol. The van der Waals surface area contributed by atoms with E-state index in [-0.39, 0.29) is 17.9 Å². The Morgan fingerprint density at radius 1 is 1.43 bits per heavy atom. The average Bonchev–Trinajstić information content (AvgIpc) is 2.58. The second-order valence-corrected chi connectivity index (χ2v) is 6.24. The lowest BCUT2D eigenvalue weighted by Crippen LogP contribution is -2.58. The van der Waals surface area contributed by atoms with E-state index in [4.69, 9.17) is 4.74 Å². The summed E-state index contributed by atoms with van der Waals surface area (Å²) in [5, 5.41) is 6.12. The number of nitrogens with one attached hydrogen (secondary N) is 2. The number of hydrogen-bond acceptors (Lipinski definition) is 4. The van der Waals surface area contributed by atoms with Crippen molar-refractivity contribution in [2.24, 2.45) is 11.8 Å². The molecule has 6 heteroatoms. The quantitative estimate of drug-likeness (QED) is 0.870. The third kappa shape index (κ3) is 3.64. The highest BCUT2D eigenvalue weighted by molar-refractivity contribution is 5.96. The minimum Gasteiger partial charge on any atom is -0.497 e. The van der Waals surface area contributed by atoms with Crippen molar-refractivity contribution in [2.75, 3.05) is 33.3 Å². The molecule has 2 unspecified atom stereocenters. The van der Waals surface area contributed by atoms with E-state index in [2.05, 4.69) is 10.6 Å². The summed E-state index contributed by atoms with van der Waals surface area (Å²) in [6, 6.07) is 7.50. The highest BCUT2D eigenvalue weighted by Crippen LogP contribution is 2.25. The zero-order valence-corrected chi connectivity index (χ0v) is 13.4. The SMILES string of the molecule is COc1cccc(CCNC(=O)N2CC3CNCC(C3)C2=O)c1. The van der Waals surface area contributed by atoms with Crippen molar-refractivity contribution in [2.45, 2.75) is 12.8 Å². The topological polar surface area (TPSA) is 70.7 Å². The fourth-order valence-electron chi connectivity index (χ4n) is 3.35. The van der Waals surface area contributed by atoms with Crippen LogP contribution in [0.1, 0.15) is 12.0 Å². The number of imide groups is 1. The smallest absolute Gasteiger partial charge is 0.324 e. The molecule has 1 aromatic carbocycles. The lowest BCUT2D eigenvalue weighted by Gasteiger charge is -2.39. The molecule has 1 aromatic rings. The Morgan fingerprint density at radius 2 is 2.30 bits per heavy atom. The van der Waals surface area contributed by atoms with E-state index in [1.807, 2.05) is 24.3 Å². The van der Waals surface area contributed by atoms with Gasteiger partial charge in [0.05, 0.1) is 13.0 Å². The highest BCUT2D eigenvalue weighted by atomic mass is 16.5. The van der Waals surface area contributed by atoms with Crippen LogP contribution in [0, 0.1) is 11.8 Å². The molecule has 124 valence electrons. The van der Waals surface area contributed by atoms with Gasteiger partial charge in [-0.3, -0.25) is 9.69 Å². The minimum atomic E-state index is -0.269. The van der Waals surface area contributed by atoms with E-state index < -0.39 is 0 Å². The Morgan fingerprint density at radius 3 is 3.13 bits per heavy atom. The van der Waals surface area contributed by atoms with Gasteiger partial charge in [-0.25, -0.2) is 4.79 Å². The van der Waals surface area contributed by atoms with Gasteiger partial charge in [-0.2, -0.15) is 0 Å². The van der Waals surface area contributed by atoms with Crippen molar-refractivity contribution in [1.82, 2.24) is 15.5 Å². The molecule has 2 aliphatic rings. The Bertz CT molecular complexity index is 590. The summed E-state index contributed by atoms with van der Waals surface area (Å²) in [5.74, 6) is 1.09. The van der Waals surface area contributed by atoms with Gasteiger partial charge in [-0.05, 0) is 43.0 Å². The van der Waals surface area contributed by atoms with Crippen LogP contribution in [0.4, 0.5) is 4.79 Å². The second kappa shape index (κ2) is 7.00. The third-order valence-electron chi connectivity index (χ3n) is 4.57. The van der Waals surface area contributed by atoms with Crippen molar-refractivity contribution in [3.8, 4) is 5.75 Å². The Hall–Kier alpha value is -2.08. The molecule has 2 saturated heterocycles. The van der Waals surface area contributed by atoms with Crippen molar-refractivity contribution in [1.29, 1.82) is 0 Å². The van der Waals surface area contributed by atoms with Gasteiger partial charge in [-0.1, -0.05) is 12.1 Å². The molecule has 0 spiro atoms. The maximum Gasteiger partial charge on any atom is 0.324 e. The number of nitrogens with zero attached hydrogens (tertiary/aromatic N) is 1. The van der Waals surface area contributed by atoms with Crippen LogP contribution < -0.4 is 15.4 Å². The first-order valence-corrected chi connectivity index (χ1v) is 8.10. The first-order chi connectivity index (χ1) is 11.2. The number of rotatable bonds is 4. The molecule has 3 amide bonds. The predicted octanol–water partition coefficient (Wildman–Crippen LogP) is 1.02. The molecule has 0 radical (unpaired) electrons. The van der Waals surface area contributed by atoms with Crippen LogP contribution in [-0.2, 0) is 11.2 Å². The van der Waals surface area contributed by atoms with Gasteiger partial charge in [0.2, 0.25) is 5.91 Å². The summed E-state index contributed by atoms with van der Waals surface area (Å²) < 4.78 is 5.19. The first kappa shape index (κ1) is 15.8. The fourth-order valence-corrected chi connectivity index (χ4v) is 3.35. The highest BCUT2D eigenvalue weighted by Gasteiger charge is 2.39. The van der Waals surface area contributed by atoms with Gasteiger partial charge in [-0.15, -0.1) is 0 Å². The third-order valence-corrected chi connectivity index (χ3v) is 4.57. The van der Waals surface area contributed by atoms with E-state index in [1.165, 1.54) is 4.90 Å². The zero-order chi connectivity index (χ0) is 16.2. The Balaban J connectivity index is 1.52. The van der Waals surface area contributed by atoms with Crippen LogP contribution in [-0.4, -0.2) is 50.1 Å². The van der Waals surface area contributed by atoms with Crippen LogP contribution in [0.25, 0.3) is 0 Å². The van der Waals surface area contributed by atoms with E-state index >= 15 is 0 Å². The Labute approximate surface area is 136 Å². The normalized spacial score (nSPS) is 23.5. The maximum absolute atomic E-state index is 12.3. The van der Waals surface area contributed by atoms with Gasteiger partial charge >= 0.3 is 6.03 Å². The van der Waals surface area contributed by atoms with Crippen LogP contribution in [0.15, 0.2) is 24.3 Å². The molecule has 0 saturated carbocycles. The van der Waals surface area contributed by atoms with Crippen LogP contribution in [0.5, 0.6) is 5.75 Å². The first-order valence-electron chi connectivity index (χ1n) is 8.10. The summed E-state index contributed by atoms with van der Waals surface area (Å²) in [4.78, 5) is 26.0. The summed E-state index contributed by atoms with van der Waals surface area (Å²) in [6.07, 6.45) is 1.61. The molecule has 2 atom stereocenters. The number of amides is 3. The molecule has 2 fully saturated rings. The number of carbonyl (C=O) groups excluding carboxylic acids is 2. The Kier molecular flexibility index (Phi) is 4.81.